The molecule has 2 nitrogen and oxygen atoms in total. The molecule has 0 radical (unpaired) electrons. The lowest BCUT2D eigenvalue weighted by atomic mass is 9.86. The Hall–Kier alpha value is -3.98. The molecule has 0 N–H and O–H groups in total. The summed E-state index contributed by atoms with van der Waals surface area (Å²) < 4.78 is 0. The highest BCUT2D eigenvalue weighted by Crippen LogP contribution is 2.48. The number of nitrogens with zero attached hydrogens (tertiary/aromatic N) is 2. The minimum Gasteiger partial charge on any atom is -0.306 e. The molecular formula is C40H40N2. The molecular weight excluding hydrogens is 508 g/mol. The van der Waals surface area contributed by atoms with Crippen molar-refractivity contribution in [1.82, 2.24) is 9.80 Å². The molecule has 2 heterocycles. The average molecular weight is 549 g/mol. The Bertz CT molecular complexity index is 1630. The second-order valence-electron chi connectivity index (χ2n) is 12.2. The van der Waals surface area contributed by atoms with E-state index in [1.54, 1.807) is 16.7 Å². The van der Waals surface area contributed by atoms with Crippen molar-refractivity contribution >= 4 is 23.3 Å². The van der Waals surface area contributed by atoms with Gasteiger partial charge in [-0.25, -0.2) is 0 Å². The van der Waals surface area contributed by atoms with Gasteiger partial charge in [-0.15, -0.1) is 0 Å². The Balaban J connectivity index is 0.000000138. The molecule has 2 heteroatoms. The van der Waals surface area contributed by atoms with Crippen LogP contribution < -0.4 is 0 Å². The lowest BCUT2D eigenvalue weighted by Gasteiger charge is -2.27. The maximum atomic E-state index is 2.45. The van der Waals surface area contributed by atoms with Gasteiger partial charge in [-0.1, -0.05) is 121 Å². The highest BCUT2D eigenvalue weighted by molar-refractivity contribution is 5.95. The fraction of sp³-hybridized carbons (Fsp3) is 0.250. The highest BCUT2D eigenvalue weighted by Gasteiger charge is 2.34. The first kappa shape index (κ1) is 26.9. The van der Waals surface area contributed by atoms with E-state index >= 15 is 0 Å². The summed E-state index contributed by atoms with van der Waals surface area (Å²) in [5, 5.41) is 0. The molecule has 4 aromatic rings. The van der Waals surface area contributed by atoms with Gasteiger partial charge in [0.25, 0.3) is 0 Å². The molecule has 0 bridgehead atoms. The zero-order valence-electron chi connectivity index (χ0n) is 24.9. The smallest absolute Gasteiger partial charge is 0.0323 e. The van der Waals surface area contributed by atoms with Crippen LogP contribution in [-0.4, -0.2) is 50.1 Å². The molecule has 0 saturated carbocycles. The average Bonchev–Trinajstić information content (AvgIpc) is 3.26. The van der Waals surface area contributed by atoms with Crippen molar-refractivity contribution in [2.45, 2.75) is 25.2 Å². The first-order chi connectivity index (χ1) is 20.7. The van der Waals surface area contributed by atoms with Crippen LogP contribution in [0.5, 0.6) is 0 Å². The first-order valence-electron chi connectivity index (χ1n) is 15.5. The van der Waals surface area contributed by atoms with Crippen LogP contribution in [0.15, 0.2) is 114 Å². The van der Waals surface area contributed by atoms with E-state index in [0.29, 0.717) is 5.92 Å². The quantitative estimate of drug-likeness (QED) is 0.207. The molecule has 1 saturated heterocycles. The third kappa shape index (κ3) is 5.11. The summed E-state index contributed by atoms with van der Waals surface area (Å²) in [7, 11) is 4.45. The van der Waals surface area contributed by atoms with Crippen LogP contribution in [-0.2, 0) is 0 Å². The van der Waals surface area contributed by atoms with Gasteiger partial charge in [-0.05, 0) is 89.0 Å². The molecule has 2 aliphatic carbocycles. The van der Waals surface area contributed by atoms with Gasteiger partial charge in [0.05, 0.1) is 0 Å². The topological polar surface area (TPSA) is 6.48 Å². The number of rotatable bonds is 1. The van der Waals surface area contributed by atoms with Gasteiger partial charge < -0.3 is 9.80 Å². The van der Waals surface area contributed by atoms with E-state index in [1.165, 1.54) is 70.3 Å². The zero-order valence-corrected chi connectivity index (χ0v) is 24.9. The van der Waals surface area contributed by atoms with Crippen molar-refractivity contribution in [2.75, 3.05) is 40.3 Å². The second-order valence-corrected chi connectivity index (χ2v) is 12.2. The maximum absolute atomic E-state index is 2.45. The van der Waals surface area contributed by atoms with Gasteiger partial charge >= 0.3 is 0 Å². The Kier molecular flexibility index (Phi) is 7.50. The summed E-state index contributed by atoms with van der Waals surface area (Å²) in [5.41, 5.74) is 16.2. The largest absolute Gasteiger partial charge is 0.306 e. The SMILES string of the molecule is CN1CCC(=C2c3ccccc3C=Cc3ccccc32)CC1.CN1CCC2=C(C1)C(c1ccccc1)c1ccccc12. The summed E-state index contributed by atoms with van der Waals surface area (Å²) in [6, 6.07) is 37.5. The van der Waals surface area contributed by atoms with Crippen LogP contribution in [0.1, 0.15) is 64.1 Å². The molecule has 0 aromatic heterocycles. The number of hydrogen-bond acceptors (Lipinski definition) is 2. The van der Waals surface area contributed by atoms with E-state index in [1.807, 2.05) is 0 Å². The standard InChI is InChI=1S/C21H21N.C19H19N/c1-22-14-12-18(13-15-22)21-19-8-4-2-6-16(19)10-11-17-7-3-5-9-20(17)21;1-20-12-11-16-15-9-5-6-10-17(15)19(18(16)13-20)14-7-3-2-4-8-14/h2-11H,12-15H2,1H3;2-10,19H,11-13H2,1H3. The molecule has 0 amide bonds. The summed E-state index contributed by atoms with van der Waals surface area (Å²) in [6.07, 6.45) is 8.06. The number of hydrogen-bond donors (Lipinski definition) is 0. The van der Waals surface area contributed by atoms with E-state index in [-0.39, 0.29) is 0 Å². The van der Waals surface area contributed by atoms with Gasteiger partial charge in [-0.3, -0.25) is 0 Å². The number of likely N-dealkylation sites (tertiary alicyclic amines) is 1. The van der Waals surface area contributed by atoms with Crippen LogP contribution in [0, 0.1) is 0 Å². The van der Waals surface area contributed by atoms with E-state index in [9.17, 15) is 0 Å². The van der Waals surface area contributed by atoms with Gasteiger partial charge in [0.15, 0.2) is 0 Å². The van der Waals surface area contributed by atoms with Crippen LogP contribution in [0.3, 0.4) is 0 Å². The van der Waals surface area contributed by atoms with Crippen molar-refractivity contribution < 1.29 is 0 Å². The van der Waals surface area contributed by atoms with E-state index in [0.717, 1.165) is 19.6 Å². The predicted octanol–water partition coefficient (Wildman–Crippen LogP) is 8.62. The Morgan fingerprint density at radius 3 is 1.76 bits per heavy atom. The summed E-state index contributed by atoms with van der Waals surface area (Å²) in [4.78, 5) is 4.87. The minimum atomic E-state index is 0.463. The third-order valence-electron chi connectivity index (χ3n) is 9.50. The van der Waals surface area contributed by atoms with Crippen LogP contribution >= 0.6 is 0 Å². The summed E-state index contributed by atoms with van der Waals surface area (Å²) >= 11 is 0. The fourth-order valence-electron chi connectivity index (χ4n) is 7.32. The van der Waals surface area contributed by atoms with Gasteiger partial charge in [-0.2, -0.15) is 0 Å². The number of benzene rings is 4. The first-order valence-corrected chi connectivity index (χ1v) is 15.5. The molecule has 4 aromatic carbocycles. The Morgan fingerprint density at radius 2 is 1.10 bits per heavy atom. The highest BCUT2D eigenvalue weighted by atomic mass is 15.1. The molecule has 42 heavy (non-hydrogen) atoms. The number of likely N-dealkylation sites (N-methyl/N-ethyl adjacent to an activating group) is 1. The lowest BCUT2D eigenvalue weighted by Crippen LogP contribution is -2.27. The summed E-state index contributed by atoms with van der Waals surface area (Å²) in [6.45, 7) is 4.60. The Labute approximate surface area is 251 Å². The van der Waals surface area contributed by atoms with Crippen molar-refractivity contribution in [3.63, 3.8) is 0 Å². The zero-order chi connectivity index (χ0) is 28.5. The van der Waals surface area contributed by atoms with E-state index in [2.05, 4.69) is 139 Å². The Morgan fingerprint density at radius 1 is 0.548 bits per heavy atom. The monoisotopic (exact) mass is 548 g/mol. The van der Waals surface area contributed by atoms with Crippen LogP contribution in [0.25, 0.3) is 23.3 Å². The van der Waals surface area contributed by atoms with Crippen LogP contribution in [0.4, 0.5) is 0 Å². The molecule has 1 unspecified atom stereocenters. The lowest BCUT2D eigenvalue weighted by molar-refractivity contribution is 0.313. The molecule has 2 aliphatic heterocycles. The van der Waals surface area contributed by atoms with Gasteiger partial charge in [0, 0.05) is 32.1 Å². The van der Waals surface area contributed by atoms with E-state index < -0.39 is 0 Å². The van der Waals surface area contributed by atoms with Crippen molar-refractivity contribution in [3.05, 3.63) is 153 Å². The summed E-state index contributed by atoms with van der Waals surface area (Å²) in [5.74, 6) is 0.463. The molecule has 8 rings (SSSR count). The normalized spacial score (nSPS) is 19.7. The molecule has 210 valence electrons. The van der Waals surface area contributed by atoms with Crippen molar-refractivity contribution in [3.8, 4) is 0 Å². The van der Waals surface area contributed by atoms with E-state index in [4.69, 9.17) is 0 Å². The fourth-order valence-corrected chi connectivity index (χ4v) is 7.32. The molecule has 1 atom stereocenters. The third-order valence-corrected chi connectivity index (χ3v) is 9.50. The van der Waals surface area contributed by atoms with Gasteiger partial charge in [0.2, 0.25) is 0 Å². The number of fused-ring (bicyclic) bond motifs is 4. The van der Waals surface area contributed by atoms with Crippen molar-refractivity contribution in [2.24, 2.45) is 0 Å². The second kappa shape index (κ2) is 11.7. The number of piperidine rings is 1. The minimum absolute atomic E-state index is 0.463. The van der Waals surface area contributed by atoms with Crippen LogP contribution in [0.2, 0.25) is 0 Å². The molecule has 0 spiro atoms. The molecule has 4 aliphatic rings. The predicted molar refractivity (Wildman–Crippen MR) is 178 cm³/mol. The van der Waals surface area contributed by atoms with Gasteiger partial charge in [0.1, 0.15) is 0 Å². The molecule has 1 fully saturated rings. The maximum Gasteiger partial charge on any atom is 0.0323 e. The van der Waals surface area contributed by atoms with Crippen molar-refractivity contribution in [1.29, 1.82) is 0 Å².